The van der Waals surface area contributed by atoms with Crippen LogP contribution < -0.4 is 15.2 Å². The van der Waals surface area contributed by atoms with E-state index in [1.165, 1.54) is 5.56 Å². The normalized spacial score (nSPS) is 10.3. The number of ether oxygens (including phenoxy) is 2. The number of rotatable bonds is 5. The zero-order chi connectivity index (χ0) is 13.7. The van der Waals surface area contributed by atoms with Crippen LogP contribution in [0.1, 0.15) is 18.2 Å². The highest BCUT2D eigenvalue weighted by Crippen LogP contribution is 2.31. The molecule has 2 aromatic rings. The van der Waals surface area contributed by atoms with Gasteiger partial charge in [0.25, 0.3) is 0 Å². The number of hydrogen-bond donors (Lipinski definition) is 1. The Hall–Kier alpha value is -2.14. The molecule has 0 saturated carbocycles. The van der Waals surface area contributed by atoms with Gasteiger partial charge in [0.1, 0.15) is 0 Å². The molecule has 0 aliphatic heterocycles. The molecule has 19 heavy (non-hydrogen) atoms. The van der Waals surface area contributed by atoms with Crippen molar-refractivity contribution in [1.29, 1.82) is 0 Å². The number of nitrogens with two attached hydrogens (primary N) is 1. The summed E-state index contributed by atoms with van der Waals surface area (Å²) < 4.78 is 11.0. The van der Waals surface area contributed by atoms with Gasteiger partial charge < -0.3 is 15.2 Å². The van der Waals surface area contributed by atoms with Gasteiger partial charge in [-0.3, -0.25) is 0 Å². The Morgan fingerprint density at radius 3 is 2.53 bits per heavy atom. The number of methoxy groups -OCH3 is 1. The SMILES string of the molecule is CCc1ccc(Oc2ccc(CN)nn2)c(OC)c1. The average molecular weight is 259 g/mol. The van der Waals surface area contributed by atoms with Gasteiger partial charge in [0, 0.05) is 12.6 Å². The van der Waals surface area contributed by atoms with Crippen LogP contribution in [0.4, 0.5) is 0 Å². The summed E-state index contributed by atoms with van der Waals surface area (Å²) in [7, 11) is 1.62. The topological polar surface area (TPSA) is 70.3 Å². The third-order valence-electron chi connectivity index (χ3n) is 2.76. The van der Waals surface area contributed by atoms with Gasteiger partial charge in [-0.25, -0.2) is 0 Å². The molecular formula is C14H17N3O2. The lowest BCUT2D eigenvalue weighted by Gasteiger charge is -2.10. The predicted molar refractivity (Wildman–Crippen MR) is 72.4 cm³/mol. The largest absolute Gasteiger partial charge is 0.493 e. The second-order valence-corrected chi connectivity index (χ2v) is 4.01. The summed E-state index contributed by atoms with van der Waals surface area (Å²) in [6, 6.07) is 9.35. The van der Waals surface area contributed by atoms with E-state index in [0.717, 1.165) is 12.1 Å². The molecule has 0 amide bonds. The van der Waals surface area contributed by atoms with Crippen molar-refractivity contribution in [2.45, 2.75) is 19.9 Å². The van der Waals surface area contributed by atoms with Crippen LogP contribution in [0.5, 0.6) is 17.4 Å². The molecule has 1 aromatic carbocycles. The molecule has 5 heteroatoms. The highest BCUT2D eigenvalue weighted by atomic mass is 16.5. The Morgan fingerprint density at radius 2 is 1.95 bits per heavy atom. The van der Waals surface area contributed by atoms with Gasteiger partial charge in [-0.1, -0.05) is 13.0 Å². The standard InChI is InChI=1S/C14H17N3O2/c1-3-10-4-6-12(13(8-10)18-2)19-14-7-5-11(9-15)16-17-14/h4-8H,3,9,15H2,1-2H3. The zero-order valence-corrected chi connectivity index (χ0v) is 11.1. The van der Waals surface area contributed by atoms with Gasteiger partial charge in [-0.15, -0.1) is 5.10 Å². The Morgan fingerprint density at radius 1 is 1.11 bits per heavy atom. The van der Waals surface area contributed by atoms with Gasteiger partial charge in [-0.2, -0.15) is 5.10 Å². The van der Waals surface area contributed by atoms with Crippen LogP contribution in [-0.2, 0) is 13.0 Å². The summed E-state index contributed by atoms with van der Waals surface area (Å²) in [5.74, 6) is 1.72. The molecule has 1 heterocycles. The van der Waals surface area contributed by atoms with Crippen LogP contribution in [0.15, 0.2) is 30.3 Å². The number of hydrogen-bond acceptors (Lipinski definition) is 5. The monoisotopic (exact) mass is 259 g/mol. The first-order chi connectivity index (χ1) is 9.26. The minimum Gasteiger partial charge on any atom is -0.493 e. The molecule has 1 aromatic heterocycles. The summed E-state index contributed by atoms with van der Waals surface area (Å²) in [6.45, 7) is 2.45. The molecule has 0 radical (unpaired) electrons. The summed E-state index contributed by atoms with van der Waals surface area (Å²) in [6.07, 6.45) is 0.946. The maximum atomic E-state index is 5.66. The van der Waals surface area contributed by atoms with Crippen molar-refractivity contribution < 1.29 is 9.47 Å². The van der Waals surface area contributed by atoms with Crippen LogP contribution in [0.3, 0.4) is 0 Å². The first-order valence-corrected chi connectivity index (χ1v) is 6.14. The van der Waals surface area contributed by atoms with E-state index in [-0.39, 0.29) is 0 Å². The second-order valence-electron chi connectivity index (χ2n) is 4.01. The first-order valence-electron chi connectivity index (χ1n) is 6.14. The zero-order valence-electron chi connectivity index (χ0n) is 11.1. The van der Waals surface area contributed by atoms with Gasteiger partial charge in [0.2, 0.25) is 5.88 Å². The molecule has 0 bridgehead atoms. The number of aromatic nitrogens is 2. The smallest absolute Gasteiger partial charge is 0.239 e. The minimum atomic E-state index is 0.363. The summed E-state index contributed by atoms with van der Waals surface area (Å²) >= 11 is 0. The fourth-order valence-corrected chi connectivity index (χ4v) is 1.64. The molecule has 0 aliphatic carbocycles. The molecule has 100 valence electrons. The molecule has 5 nitrogen and oxygen atoms in total. The third-order valence-corrected chi connectivity index (χ3v) is 2.76. The van der Waals surface area contributed by atoms with Gasteiger partial charge in [0.05, 0.1) is 12.8 Å². The second kappa shape index (κ2) is 6.15. The number of benzene rings is 1. The maximum absolute atomic E-state index is 5.66. The van der Waals surface area contributed by atoms with Crippen molar-refractivity contribution >= 4 is 0 Å². The molecule has 0 fully saturated rings. The van der Waals surface area contributed by atoms with Crippen LogP contribution in [-0.4, -0.2) is 17.3 Å². The average Bonchev–Trinajstić information content (AvgIpc) is 2.48. The van der Waals surface area contributed by atoms with Crippen molar-refractivity contribution in [3.63, 3.8) is 0 Å². The van der Waals surface area contributed by atoms with Crippen LogP contribution in [0.25, 0.3) is 0 Å². The fraction of sp³-hybridized carbons (Fsp3) is 0.286. The van der Waals surface area contributed by atoms with E-state index >= 15 is 0 Å². The summed E-state index contributed by atoms with van der Waals surface area (Å²) in [5.41, 5.74) is 7.38. The number of aryl methyl sites for hydroxylation is 1. The molecule has 0 atom stereocenters. The van der Waals surface area contributed by atoms with Crippen molar-refractivity contribution in [2.75, 3.05) is 7.11 Å². The van der Waals surface area contributed by atoms with Gasteiger partial charge >= 0.3 is 0 Å². The van der Waals surface area contributed by atoms with Crippen molar-refractivity contribution in [1.82, 2.24) is 10.2 Å². The molecule has 0 saturated heterocycles. The van der Waals surface area contributed by atoms with E-state index in [9.17, 15) is 0 Å². The van der Waals surface area contributed by atoms with Crippen LogP contribution in [0, 0.1) is 0 Å². The highest BCUT2D eigenvalue weighted by molar-refractivity contribution is 5.44. The van der Waals surface area contributed by atoms with E-state index in [0.29, 0.717) is 23.9 Å². The summed E-state index contributed by atoms with van der Waals surface area (Å²) in [4.78, 5) is 0. The van der Waals surface area contributed by atoms with E-state index in [1.54, 1.807) is 19.2 Å². The Bertz CT molecular complexity index is 541. The molecular weight excluding hydrogens is 242 g/mol. The van der Waals surface area contributed by atoms with Gasteiger partial charge in [-0.05, 0) is 30.2 Å². The number of nitrogens with zero attached hydrogens (tertiary/aromatic N) is 2. The van der Waals surface area contributed by atoms with E-state index < -0.39 is 0 Å². The summed E-state index contributed by atoms with van der Waals surface area (Å²) in [5, 5.41) is 7.90. The minimum absolute atomic E-state index is 0.363. The van der Waals surface area contributed by atoms with Gasteiger partial charge in [0.15, 0.2) is 11.5 Å². The molecule has 0 aliphatic rings. The Balaban J connectivity index is 2.21. The Kier molecular flexibility index (Phi) is 4.30. The molecule has 2 rings (SSSR count). The molecule has 0 unspecified atom stereocenters. The third kappa shape index (κ3) is 3.20. The lowest BCUT2D eigenvalue weighted by atomic mass is 10.1. The lowest BCUT2D eigenvalue weighted by Crippen LogP contribution is -2.01. The maximum Gasteiger partial charge on any atom is 0.239 e. The van der Waals surface area contributed by atoms with Crippen molar-refractivity contribution in [3.05, 3.63) is 41.6 Å². The Labute approximate surface area is 112 Å². The fourth-order valence-electron chi connectivity index (χ4n) is 1.64. The van der Waals surface area contributed by atoms with E-state index in [1.807, 2.05) is 18.2 Å². The quantitative estimate of drug-likeness (QED) is 0.892. The molecule has 2 N–H and O–H groups in total. The van der Waals surface area contributed by atoms with E-state index in [4.69, 9.17) is 15.2 Å². The molecule has 0 spiro atoms. The highest BCUT2D eigenvalue weighted by Gasteiger charge is 2.07. The predicted octanol–water partition coefficient (Wildman–Crippen LogP) is 2.30. The van der Waals surface area contributed by atoms with Crippen LogP contribution in [0.2, 0.25) is 0 Å². The lowest BCUT2D eigenvalue weighted by molar-refractivity contribution is 0.371. The van der Waals surface area contributed by atoms with Crippen molar-refractivity contribution in [3.8, 4) is 17.4 Å². The van der Waals surface area contributed by atoms with E-state index in [2.05, 4.69) is 17.1 Å². The first kappa shape index (κ1) is 13.3. The van der Waals surface area contributed by atoms with Crippen LogP contribution >= 0.6 is 0 Å². The van der Waals surface area contributed by atoms with Crippen molar-refractivity contribution in [2.24, 2.45) is 5.73 Å².